The topological polar surface area (TPSA) is 77.0 Å². The summed E-state index contributed by atoms with van der Waals surface area (Å²) in [5.74, 6) is 1.76. The number of ether oxygens (including phenoxy) is 1. The number of hydrogen-bond acceptors (Lipinski definition) is 6. The summed E-state index contributed by atoms with van der Waals surface area (Å²) in [6.07, 6.45) is 7.13. The summed E-state index contributed by atoms with van der Waals surface area (Å²) in [5.41, 5.74) is 0.606. The predicted molar refractivity (Wildman–Crippen MR) is 111 cm³/mol. The molecule has 2 aromatic heterocycles. The number of anilines is 1. The third-order valence-electron chi connectivity index (χ3n) is 5.29. The molecule has 1 fully saturated rings. The Bertz CT molecular complexity index is 913. The molecular formula is C20H21ClN4O2S. The van der Waals surface area contributed by atoms with Gasteiger partial charge in [0.25, 0.3) is 0 Å². The third-order valence-corrected chi connectivity index (χ3v) is 6.86. The fourth-order valence-electron chi connectivity index (χ4n) is 3.63. The number of carbonyl (C=O) groups is 1. The van der Waals surface area contributed by atoms with Crippen LogP contribution in [0.3, 0.4) is 0 Å². The molecule has 1 unspecified atom stereocenters. The van der Waals surface area contributed by atoms with Crippen molar-refractivity contribution in [3.05, 3.63) is 52.6 Å². The van der Waals surface area contributed by atoms with E-state index in [0.29, 0.717) is 34.3 Å². The second-order valence-corrected chi connectivity index (χ2v) is 8.78. The Morgan fingerprint density at radius 2 is 2.21 bits per heavy atom. The Labute approximate surface area is 173 Å². The van der Waals surface area contributed by atoms with Crippen molar-refractivity contribution >= 4 is 35.1 Å². The molecule has 1 N–H and O–H groups in total. The number of thioether (sulfide) groups is 1. The molecule has 1 aliphatic carbocycles. The Morgan fingerprint density at radius 1 is 1.36 bits per heavy atom. The van der Waals surface area contributed by atoms with E-state index in [-0.39, 0.29) is 17.2 Å². The molecule has 0 bridgehead atoms. The summed E-state index contributed by atoms with van der Waals surface area (Å²) in [6, 6.07) is 3.42. The highest BCUT2D eigenvalue weighted by atomic mass is 35.5. The minimum absolute atomic E-state index is 0.0252. The van der Waals surface area contributed by atoms with Gasteiger partial charge in [0.1, 0.15) is 11.6 Å². The largest absolute Gasteiger partial charge is 0.489 e. The summed E-state index contributed by atoms with van der Waals surface area (Å²) in [6.45, 7) is 4.22. The number of aromatic nitrogens is 3. The highest BCUT2D eigenvalue weighted by Gasteiger charge is 2.63. The molecule has 0 aromatic carbocycles. The van der Waals surface area contributed by atoms with Crippen LogP contribution in [0, 0.1) is 25.2 Å². The molecular weight excluding hydrogens is 396 g/mol. The van der Waals surface area contributed by atoms with Gasteiger partial charge in [-0.2, -0.15) is 0 Å². The first kappa shape index (κ1) is 19.2. The van der Waals surface area contributed by atoms with E-state index >= 15 is 0 Å². The number of aryl methyl sites for hydroxylation is 2. The molecule has 3 atom stereocenters. The van der Waals surface area contributed by atoms with Crippen LogP contribution in [0.1, 0.15) is 24.4 Å². The zero-order valence-corrected chi connectivity index (χ0v) is 17.3. The third kappa shape index (κ3) is 3.86. The fourth-order valence-corrected chi connectivity index (χ4v) is 4.97. The Kier molecular flexibility index (Phi) is 5.29. The average Bonchev–Trinajstić information content (AvgIpc) is 3.14. The number of hydrogen-bond donors (Lipinski definition) is 1. The van der Waals surface area contributed by atoms with Crippen LogP contribution in [0.25, 0.3) is 0 Å². The molecule has 2 aromatic rings. The molecule has 1 saturated carbocycles. The van der Waals surface area contributed by atoms with E-state index < -0.39 is 0 Å². The Balaban J connectivity index is 1.47. The summed E-state index contributed by atoms with van der Waals surface area (Å²) in [7, 11) is 0. The van der Waals surface area contributed by atoms with Gasteiger partial charge in [-0.25, -0.2) is 15.0 Å². The van der Waals surface area contributed by atoms with Gasteiger partial charge in [-0.1, -0.05) is 17.7 Å². The molecule has 0 spiro atoms. The monoisotopic (exact) mass is 416 g/mol. The van der Waals surface area contributed by atoms with E-state index in [1.54, 1.807) is 30.1 Å². The molecule has 3 heterocycles. The van der Waals surface area contributed by atoms with Crippen molar-refractivity contribution in [2.75, 3.05) is 11.9 Å². The molecule has 1 aliphatic heterocycles. The zero-order chi connectivity index (χ0) is 19.7. The number of amides is 1. The van der Waals surface area contributed by atoms with Crippen LogP contribution in [-0.2, 0) is 4.79 Å². The summed E-state index contributed by atoms with van der Waals surface area (Å²) < 4.78 is 6.10. The molecule has 8 heteroatoms. The number of carbonyl (C=O) groups excluding carboxylic acids is 1. The first-order chi connectivity index (χ1) is 13.5. The number of nitrogens with one attached hydrogen (secondary N) is 1. The number of allylic oxidation sites excluding steroid dienone is 1. The maximum Gasteiger partial charge on any atom is 0.229 e. The first-order valence-electron chi connectivity index (χ1n) is 9.14. The van der Waals surface area contributed by atoms with Crippen molar-refractivity contribution in [1.82, 2.24) is 15.0 Å². The summed E-state index contributed by atoms with van der Waals surface area (Å²) in [4.78, 5) is 25.6. The highest BCUT2D eigenvalue weighted by molar-refractivity contribution is 8.03. The van der Waals surface area contributed by atoms with Gasteiger partial charge in [-0.15, -0.1) is 11.8 Å². The van der Waals surface area contributed by atoms with Crippen LogP contribution in [0.2, 0.25) is 5.02 Å². The molecule has 6 nitrogen and oxygen atoms in total. The van der Waals surface area contributed by atoms with Gasteiger partial charge in [0.15, 0.2) is 5.75 Å². The molecule has 2 aliphatic rings. The van der Waals surface area contributed by atoms with E-state index in [4.69, 9.17) is 16.3 Å². The predicted octanol–water partition coefficient (Wildman–Crippen LogP) is 4.18. The van der Waals surface area contributed by atoms with Crippen LogP contribution >= 0.6 is 23.4 Å². The maximum absolute atomic E-state index is 12.9. The van der Waals surface area contributed by atoms with Crippen LogP contribution in [0.15, 0.2) is 36.0 Å². The lowest BCUT2D eigenvalue weighted by Crippen LogP contribution is -2.30. The van der Waals surface area contributed by atoms with Crippen LogP contribution < -0.4 is 10.1 Å². The van der Waals surface area contributed by atoms with Gasteiger partial charge in [0.2, 0.25) is 5.91 Å². The van der Waals surface area contributed by atoms with Crippen LogP contribution in [0.5, 0.6) is 5.75 Å². The van der Waals surface area contributed by atoms with E-state index in [2.05, 4.69) is 31.8 Å². The lowest BCUT2D eigenvalue weighted by molar-refractivity contribution is -0.118. The van der Waals surface area contributed by atoms with Gasteiger partial charge >= 0.3 is 0 Å². The maximum atomic E-state index is 12.9. The van der Waals surface area contributed by atoms with Crippen molar-refractivity contribution in [2.24, 2.45) is 11.3 Å². The van der Waals surface area contributed by atoms with Crippen molar-refractivity contribution in [1.29, 1.82) is 0 Å². The van der Waals surface area contributed by atoms with Gasteiger partial charge in [0, 0.05) is 22.8 Å². The molecule has 146 valence electrons. The average molecular weight is 417 g/mol. The standard InChI is InChI=1S/C20H21ClN4O2S/c1-12-16(10-22-13(2)24-12)27-11-20(17-4-3-7-28-17)8-15(20)19(26)25-18-6-5-14(21)9-23-18/h3,5-7,9-10,15,17H,4,8,11H2,1-2H3,(H,23,25,26)/t15-,17?,20-/m0/s1. The normalized spacial score (nSPS) is 25.5. The van der Waals surface area contributed by atoms with Crippen molar-refractivity contribution in [2.45, 2.75) is 31.9 Å². The van der Waals surface area contributed by atoms with Crippen molar-refractivity contribution < 1.29 is 9.53 Å². The molecule has 1 amide bonds. The van der Waals surface area contributed by atoms with Gasteiger partial charge in [-0.3, -0.25) is 4.79 Å². The summed E-state index contributed by atoms with van der Waals surface area (Å²) in [5, 5.41) is 5.88. The molecule has 4 rings (SSSR count). The van der Waals surface area contributed by atoms with E-state index in [1.807, 2.05) is 13.8 Å². The van der Waals surface area contributed by atoms with Gasteiger partial charge in [0.05, 0.1) is 23.5 Å². The second kappa shape index (κ2) is 7.72. The van der Waals surface area contributed by atoms with Crippen molar-refractivity contribution in [3.63, 3.8) is 0 Å². The fraction of sp³-hybridized carbons (Fsp3) is 0.400. The van der Waals surface area contributed by atoms with Gasteiger partial charge in [-0.05, 0) is 44.2 Å². The zero-order valence-electron chi connectivity index (χ0n) is 15.7. The first-order valence-corrected chi connectivity index (χ1v) is 10.5. The van der Waals surface area contributed by atoms with Gasteiger partial charge < -0.3 is 10.1 Å². The second-order valence-electron chi connectivity index (χ2n) is 7.23. The van der Waals surface area contributed by atoms with Crippen molar-refractivity contribution in [3.8, 4) is 5.75 Å². The van der Waals surface area contributed by atoms with E-state index in [1.165, 1.54) is 6.20 Å². The number of pyridine rings is 1. The highest BCUT2D eigenvalue weighted by Crippen LogP contribution is 2.61. The SMILES string of the molecule is Cc1ncc(OC[C@@]2(C3CC=CS3)C[C@H]2C(=O)Nc2ccc(Cl)cn2)c(C)n1. The van der Waals surface area contributed by atoms with Crippen LogP contribution in [-0.4, -0.2) is 32.7 Å². The van der Waals surface area contributed by atoms with Crippen LogP contribution in [0.4, 0.5) is 5.82 Å². The molecule has 0 saturated heterocycles. The molecule has 0 radical (unpaired) electrons. The molecule has 28 heavy (non-hydrogen) atoms. The number of nitrogens with zero attached hydrogens (tertiary/aromatic N) is 3. The quantitative estimate of drug-likeness (QED) is 0.760. The Hall–Kier alpha value is -2.12. The minimum Gasteiger partial charge on any atom is -0.489 e. The number of rotatable bonds is 6. The number of halogens is 1. The van der Waals surface area contributed by atoms with E-state index in [0.717, 1.165) is 18.5 Å². The lowest BCUT2D eigenvalue weighted by atomic mass is 9.97. The summed E-state index contributed by atoms with van der Waals surface area (Å²) >= 11 is 7.64. The Morgan fingerprint density at radius 3 is 2.89 bits per heavy atom. The minimum atomic E-state index is -0.206. The lowest BCUT2D eigenvalue weighted by Gasteiger charge is -2.24. The van der Waals surface area contributed by atoms with E-state index in [9.17, 15) is 4.79 Å². The smallest absolute Gasteiger partial charge is 0.229 e.